The zero-order valence-corrected chi connectivity index (χ0v) is 57.2. The van der Waals surface area contributed by atoms with Crippen LogP contribution < -0.4 is 5.73 Å². The van der Waals surface area contributed by atoms with E-state index in [1.54, 1.807) is 0 Å². The number of carbonyl (C=O) groups is 2. The first-order valence-corrected chi connectivity index (χ1v) is 36.8. The number of nitrogens with two attached hydrogens (primary N) is 1. The standard InChI is InChI=1S/C79H128NO8P/c1-3-5-7-9-11-13-15-17-19-21-23-25-27-29-31-33-35-36-37-38-39-40-42-44-46-48-50-52-54-56-58-60-62-64-66-68-70-72-79(82)88-77(76-87-89(83,84)86-74-73-80)75-85-78(81)71-69-67-65-63-61-59-57-55-53-51-49-47-45-43-41-34-32-30-28-26-24-22-20-18-16-14-12-10-8-6-4-2/h5-8,11-14,17-20,23-26,29-32,35-36,38-39,42,44,48,50,54,56,77H,3-4,9-10,15-16,21-22,27-28,33-34,37,40-41,43,45-47,49,51-53,55,57-76,80H2,1-2H3,(H,83,84)/b7-5-,8-6-,13-11-,14-12-,19-17-,20-18-,25-23-,26-24-,31-29-,32-30-,36-35-,39-38-,44-42-,50-48-,56-54-. The van der Waals surface area contributed by atoms with Crippen LogP contribution in [-0.4, -0.2) is 49.3 Å². The highest BCUT2D eigenvalue weighted by Gasteiger charge is 2.26. The molecular weight excluding hydrogens is 1120 g/mol. The predicted octanol–water partition coefficient (Wildman–Crippen LogP) is 23.5. The molecule has 0 spiro atoms. The maximum Gasteiger partial charge on any atom is 0.472 e. The summed E-state index contributed by atoms with van der Waals surface area (Å²) in [4.78, 5) is 35.4. The first-order valence-electron chi connectivity index (χ1n) is 35.3. The minimum absolute atomic E-state index is 0.0421. The minimum atomic E-state index is -4.41. The molecule has 0 amide bonds. The Morgan fingerprint density at radius 2 is 0.584 bits per heavy atom. The van der Waals surface area contributed by atoms with E-state index in [4.69, 9.17) is 24.3 Å². The predicted molar refractivity (Wildman–Crippen MR) is 385 cm³/mol. The number of hydrogen-bond acceptors (Lipinski definition) is 8. The summed E-state index contributed by atoms with van der Waals surface area (Å²) in [6, 6.07) is 0. The van der Waals surface area contributed by atoms with E-state index in [9.17, 15) is 19.0 Å². The largest absolute Gasteiger partial charge is 0.472 e. The molecule has 0 aromatic rings. The molecule has 0 fully saturated rings. The molecule has 0 aliphatic rings. The fourth-order valence-electron chi connectivity index (χ4n) is 9.16. The van der Waals surface area contributed by atoms with Gasteiger partial charge in [-0.2, -0.15) is 0 Å². The number of phosphoric ester groups is 1. The molecule has 0 heterocycles. The van der Waals surface area contributed by atoms with E-state index in [-0.39, 0.29) is 32.6 Å². The van der Waals surface area contributed by atoms with Gasteiger partial charge in [0.25, 0.3) is 0 Å². The molecule has 10 heteroatoms. The minimum Gasteiger partial charge on any atom is -0.462 e. The molecule has 89 heavy (non-hydrogen) atoms. The van der Waals surface area contributed by atoms with Crippen molar-refractivity contribution in [3.63, 3.8) is 0 Å². The number of hydrogen-bond donors (Lipinski definition) is 2. The zero-order chi connectivity index (χ0) is 64.4. The number of phosphoric acid groups is 1. The van der Waals surface area contributed by atoms with Gasteiger partial charge in [-0.15, -0.1) is 0 Å². The van der Waals surface area contributed by atoms with E-state index in [0.29, 0.717) is 6.42 Å². The van der Waals surface area contributed by atoms with Crippen LogP contribution in [0.4, 0.5) is 0 Å². The van der Waals surface area contributed by atoms with Crippen molar-refractivity contribution in [1.82, 2.24) is 0 Å². The second-order valence-electron chi connectivity index (χ2n) is 22.6. The van der Waals surface area contributed by atoms with Crippen LogP contribution in [0.25, 0.3) is 0 Å². The van der Waals surface area contributed by atoms with Crippen molar-refractivity contribution >= 4 is 19.8 Å². The number of ether oxygens (including phenoxy) is 2. The molecule has 9 nitrogen and oxygen atoms in total. The molecule has 2 unspecified atom stereocenters. The Balaban J connectivity index is 3.99. The Kier molecular flexibility index (Phi) is 68.2. The van der Waals surface area contributed by atoms with E-state index < -0.39 is 32.5 Å². The van der Waals surface area contributed by atoms with E-state index in [1.807, 2.05) is 0 Å². The highest BCUT2D eigenvalue weighted by atomic mass is 31.2. The Bertz CT molecular complexity index is 2110. The lowest BCUT2D eigenvalue weighted by Gasteiger charge is -2.19. The van der Waals surface area contributed by atoms with E-state index in [2.05, 4.69) is 196 Å². The van der Waals surface area contributed by atoms with Crippen molar-refractivity contribution in [2.24, 2.45) is 5.73 Å². The molecule has 0 bridgehead atoms. The van der Waals surface area contributed by atoms with Gasteiger partial charge >= 0.3 is 19.8 Å². The fraction of sp³-hybridized carbons (Fsp3) is 0.595. The van der Waals surface area contributed by atoms with Gasteiger partial charge in [0.2, 0.25) is 0 Å². The molecule has 0 aliphatic carbocycles. The lowest BCUT2D eigenvalue weighted by Crippen LogP contribution is -2.29. The number of allylic oxidation sites excluding steroid dienone is 30. The summed E-state index contributed by atoms with van der Waals surface area (Å²) in [5.74, 6) is -0.852. The third-order valence-corrected chi connectivity index (χ3v) is 15.3. The van der Waals surface area contributed by atoms with Crippen molar-refractivity contribution in [3.8, 4) is 0 Å². The van der Waals surface area contributed by atoms with E-state index >= 15 is 0 Å². The van der Waals surface area contributed by atoms with Crippen LogP contribution >= 0.6 is 7.82 Å². The first kappa shape index (κ1) is 84.1. The van der Waals surface area contributed by atoms with Gasteiger partial charge in [-0.25, -0.2) is 4.57 Å². The normalized spacial score (nSPS) is 14.1. The van der Waals surface area contributed by atoms with Crippen molar-refractivity contribution in [3.05, 3.63) is 182 Å². The van der Waals surface area contributed by atoms with Crippen molar-refractivity contribution in [2.45, 2.75) is 277 Å². The third-order valence-electron chi connectivity index (χ3n) is 14.3. The third kappa shape index (κ3) is 72.1. The number of carbonyl (C=O) groups excluding carboxylic acids is 2. The van der Waals surface area contributed by atoms with Crippen LogP contribution in [0, 0.1) is 0 Å². The number of unbranched alkanes of at least 4 members (excludes halogenated alkanes) is 21. The summed E-state index contributed by atoms with van der Waals surface area (Å²) in [7, 11) is -4.41. The second kappa shape index (κ2) is 72.2. The molecule has 0 radical (unpaired) electrons. The van der Waals surface area contributed by atoms with E-state index in [1.165, 1.54) is 83.5 Å². The first-order chi connectivity index (χ1) is 43.8. The molecule has 2 atom stereocenters. The fourth-order valence-corrected chi connectivity index (χ4v) is 9.93. The van der Waals surface area contributed by atoms with Crippen molar-refractivity contribution < 1.29 is 37.6 Å². The highest BCUT2D eigenvalue weighted by Crippen LogP contribution is 2.43. The van der Waals surface area contributed by atoms with E-state index in [0.717, 1.165) is 154 Å². The Morgan fingerprint density at radius 1 is 0.337 bits per heavy atom. The molecular formula is C79H128NO8P. The van der Waals surface area contributed by atoms with Gasteiger partial charge in [0.15, 0.2) is 6.10 Å². The van der Waals surface area contributed by atoms with Gasteiger partial charge in [0, 0.05) is 19.4 Å². The van der Waals surface area contributed by atoms with Crippen LogP contribution in [-0.2, 0) is 32.7 Å². The highest BCUT2D eigenvalue weighted by molar-refractivity contribution is 7.47. The lowest BCUT2D eigenvalue weighted by molar-refractivity contribution is -0.161. The van der Waals surface area contributed by atoms with Gasteiger partial charge in [-0.3, -0.25) is 18.6 Å². The smallest absolute Gasteiger partial charge is 0.462 e. The van der Waals surface area contributed by atoms with Gasteiger partial charge in [0.1, 0.15) is 6.61 Å². The van der Waals surface area contributed by atoms with Crippen LogP contribution in [0.1, 0.15) is 271 Å². The Morgan fingerprint density at radius 3 is 0.865 bits per heavy atom. The molecule has 0 saturated heterocycles. The lowest BCUT2D eigenvalue weighted by atomic mass is 10.0. The number of esters is 2. The van der Waals surface area contributed by atoms with Gasteiger partial charge in [-0.1, -0.05) is 305 Å². The molecule has 0 aliphatic heterocycles. The second-order valence-corrected chi connectivity index (χ2v) is 24.1. The molecule has 0 aromatic carbocycles. The molecule has 3 N–H and O–H groups in total. The molecule has 0 saturated carbocycles. The van der Waals surface area contributed by atoms with Crippen LogP contribution in [0.2, 0.25) is 0 Å². The zero-order valence-electron chi connectivity index (χ0n) is 56.3. The topological polar surface area (TPSA) is 134 Å². The van der Waals surface area contributed by atoms with Gasteiger partial charge < -0.3 is 20.1 Å². The monoisotopic (exact) mass is 1250 g/mol. The average Bonchev–Trinajstić information content (AvgIpc) is 3.68. The maximum absolute atomic E-state index is 12.8. The quantitative estimate of drug-likeness (QED) is 0.0264. The summed E-state index contributed by atoms with van der Waals surface area (Å²) in [6.45, 7) is 3.49. The van der Waals surface area contributed by atoms with Crippen LogP contribution in [0.15, 0.2) is 182 Å². The average molecular weight is 1250 g/mol. The summed E-state index contributed by atoms with van der Waals surface area (Å²) < 4.78 is 33.2. The molecule has 502 valence electrons. The Hall–Kier alpha value is -4.89. The SMILES string of the molecule is CC/C=C\C/C=C\C/C=C\C/C=C\C/C=C\C/C=C\C/C=C\C/C=C\C/C=C\C/C=C\CCCCCCCCC(=O)OC(COC(=O)CCCCCCCCCCCCCCCCC/C=C\C/C=C\C/C=C\C/C=C\C/C=C\CC)COP(=O)(O)OCCN. The molecule has 0 rings (SSSR count). The molecule has 0 aromatic heterocycles. The van der Waals surface area contributed by atoms with Crippen LogP contribution in [0.5, 0.6) is 0 Å². The van der Waals surface area contributed by atoms with Crippen LogP contribution in [0.3, 0.4) is 0 Å². The van der Waals surface area contributed by atoms with Gasteiger partial charge in [-0.05, 0) is 135 Å². The van der Waals surface area contributed by atoms with Crippen molar-refractivity contribution in [2.75, 3.05) is 26.4 Å². The maximum atomic E-state index is 12.8. The summed E-state index contributed by atoms with van der Waals surface area (Å²) >= 11 is 0. The van der Waals surface area contributed by atoms with Gasteiger partial charge in [0.05, 0.1) is 13.2 Å². The summed E-state index contributed by atoms with van der Waals surface area (Å²) in [5, 5.41) is 0. The summed E-state index contributed by atoms with van der Waals surface area (Å²) in [5.41, 5.74) is 5.40. The summed E-state index contributed by atoms with van der Waals surface area (Å²) in [6.07, 6.45) is 108. The Labute approximate surface area is 545 Å². The van der Waals surface area contributed by atoms with Crippen molar-refractivity contribution in [1.29, 1.82) is 0 Å². The number of rotatable bonds is 64.